The van der Waals surface area contributed by atoms with Crippen molar-refractivity contribution >= 4 is 11.8 Å². The highest BCUT2D eigenvalue weighted by Crippen LogP contribution is 2.14. The number of piperidine rings is 1. The van der Waals surface area contributed by atoms with Crippen LogP contribution in [0.2, 0.25) is 0 Å². The first-order valence-corrected chi connectivity index (χ1v) is 8.45. The van der Waals surface area contributed by atoms with Gasteiger partial charge in [0.15, 0.2) is 0 Å². The van der Waals surface area contributed by atoms with Gasteiger partial charge in [-0.3, -0.25) is 9.59 Å². The molecule has 0 aromatic heterocycles. The molecule has 1 aliphatic rings. The largest absolute Gasteiger partial charge is 0.383 e. The van der Waals surface area contributed by atoms with E-state index in [2.05, 4.69) is 10.6 Å². The zero-order valence-corrected chi connectivity index (χ0v) is 14.5. The molecule has 0 bridgehead atoms. The average Bonchev–Trinajstić information content (AvgIpc) is 2.59. The fourth-order valence-electron chi connectivity index (χ4n) is 2.76. The van der Waals surface area contributed by atoms with Crippen LogP contribution in [0.25, 0.3) is 0 Å². The number of carbonyl (C=O) groups excluding carboxylic acids is 2. The van der Waals surface area contributed by atoms with E-state index in [0.717, 1.165) is 24.0 Å². The van der Waals surface area contributed by atoms with Crippen LogP contribution in [-0.4, -0.2) is 62.7 Å². The van der Waals surface area contributed by atoms with Crippen molar-refractivity contribution in [1.82, 2.24) is 15.5 Å². The van der Waals surface area contributed by atoms with Gasteiger partial charge in [-0.05, 0) is 31.9 Å². The number of hydrogen-bond acceptors (Lipinski definition) is 4. The molecule has 1 fully saturated rings. The van der Waals surface area contributed by atoms with Crippen molar-refractivity contribution in [1.29, 1.82) is 0 Å². The zero-order chi connectivity index (χ0) is 17.4. The number of likely N-dealkylation sites (tertiary alicyclic amines) is 1. The van der Waals surface area contributed by atoms with Gasteiger partial charge in [0.25, 0.3) is 5.91 Å². The molecule has 1 saturated heterocycles. The second-order valence-corrected chi connectivity index (χ2v) is 6.17. The predicted octanol–water partition coefficient (Wildman–Crippen LogP) is 0.952. The molecule has 0 radical (unpaired) electrons. The summed E-state index contributed by atoms with van der Waals surface area (Å²) >= 11 is 0. The molecule has 0 saturated carbocycles. The van der Waals surface area contributed by atoms with Crippen molar-refractivity contribution in [3.63, 3.8) is 0 Å². The van der Waals surface area contributed by atoms with E-state index >= 15 is 0 Å². The predicted molar refractivity (Wildman–Crippen MR) is 93.0 cm³/mol. The summed E-state index contributed by atoms with van der Waals surface area (Å²) in [7, 11) is 1.63. The number of benzene rings is 1. The second-order valence-electron chi connectivity index (χ2n) is 6.17. The van der Waals surface area contributed by atoms with E-state index in [4.69, 9.17) is 4.74 Å². The summed E-state index contributed by atoms with van der Waals surface area (Å²) < 4.78 is 4.92. The van der Waals surface area contributed by atoms with Crippen LogP contribution in [0.4, 0.5) is 0 Å². The van der Waals surface area contributed by atoms with Gasteiger partial charge in [0.05, 0.1) is 13.2 Å². The summed E-state index contributed by atoms with van der Waals surface area (Å²) in [5, 5.41) is 6.05. The van der Waals surface area contributed by atoms with Crippen molar-refractivity contribution in [2.24, 2.45) is 0 Å². The number of aryl methyl sites for hydroxylation is 1. The Balaban J connectivity index is 1.72. The van der Waals surface area contributed by atoms with Gasteiger partial charge in [-0.2, -0.15) is 0 Å². The lowest BCUT2D eigenvalue weighted by molar-refractivity contribution is -0.121. The second kappa shape index (κ2) is 9.39. The molecule has 0 unspecified atom stereocenters. The monoisotopic (exact) mass is 333 g/mol. The van der Waals surface area contributed by atoms with Gasteiger partial charge in [-0.25, -0.2) is 0 Å². The number of methoxy groups -OCH3 is 1. The van der Waals surface area contributed by atoms with Crippen molar-refractivity contribution in [2.75, 3.05) is 39.9 Å². The molecular weight excluding hydrogens is 306 g/mol. The topological polar surface area (TPSA) is 70.7 Å². The van der Waals surface area contributed by atoms with Gasteiger partial charge in [0.1, 0.15) is 0 Å². The lowest BCUT2D eigenvalue weighted by Crippen LogP contribution is -2.48. The Morgan fingerprint density at radius 1 is 1.21 bits per heavy atom. The van der Waals surface area contributed by atoms with Crippen LogP contribution in [0.1, 0.15) is 28.8 Å². The Hall–Kier alpha value is -1.92. The molecule has 0 spiro atoms. The summed E-state index contributed by atoms with van der Waals surface area (Å²) in [6.07, 6.45) is 1.59. The molecule has 6 nitrogen and oxygen atoms in total. The van der Waals surface area contributed by atoms with Crippen LogP contribution in [0.15, 0.2) is 24.3 Å². The molecule has 1 aliphatic heterocycles. The third-order valence-electron chi connectivity index (χ3n) is 4.21. The highest BCUT2D eigenvalue weighted by atomic mass is 16.5. The molecule has 1 heterocycles. The first-order chi connectivity index (χ1) is 11.6. The number of amides is 2. The molecule has 0 aliphatic carbocycles. The van der Waals surface area contributed by atoms with Crippen molar-refractivity contribution in [2.45, 2.75) is 25.8 Å². The van der Waals surface area contributed by atoms with E-state index in [1.165, 1.54) is 0 Å². The lowest BCUT2D eigenvalue weighted by Gasteiger charge is -2.32. The Labute approximate surface area is 143 Å². The maximum atomic E-state index is 12.5. The lowest BCUT2D eigenvalue weighted by atomic mass is 10.0. The quantitative estimate of drug-likeness (QED) is 0.729. The molecule has 2 amide bonds. The van der Waals surface area contributed by atoms with E-state index in [9.17, 15) is 9.59 Å². The van der Waals surface area contributed by atoms with Crippen LogP contribution in [0.3, 0.4) is 0 Å². The fraction of sp³-hybridized carbons (Fsp3) is 0.556. The van der Waals surface area contributed by atoms with E-state index in [1.807, 2.05) is 36.1 Å². The molecule has 2 N–H and O–H groups in total. The smallest absolute Gasteiger partial charge is 0.253 e. The van der Waals surface area contributed by atoms with E-state index in [0.29, 0.717) is 32.8 Å². The van der Waals surface area contributed by atoms with Gasteiger partial charge in [-0.1, -0.05) is 17.7 Å². The number of nitrogens with zero attached hydrogens (tertiary/aromatic N) is 1. The maximum Gasteiger partial charge on any atom is 0.253 e. The Morgan fingerprint density at radius 2 is 1.88 bits per heavy atom. The van der Waals surface area contributed by atoms with Gasteiger partial charge in [-0.15, -0.1) is 0 Å². The minimum absolute atomic E-state index is 0.00517. The number of ether oxygens (including phenoxy) is 1. The maximum absolute atomic E-state index is 12.5. The standard InChI is InChI=1S/C18H27N3O3/c1-14-3-5-15(6-4-14)18(23)21-10-7-16(8-11-21)20-17(22)13-19-9-12-24-2/h3-6,16,19H,7-13H2,1-2H3,(H,20,22). The van der Waals surface area contributed by atoms with Crippen LogP contribution in [0, 0.1) is 6.92 Å². The first kappa shape index (κ1) is 18.4. The summed E-state index contributed by atoms with van der Waals surface area (Å²) in [4.78, 5) is 26.2. The summed E-state index contributed by atoms with van der Waals surface area (Å²) in [5.41, 5.74) is 1.87. The third kappa shape index (κ3) is 5.62. The highest BCUT2D eigenvalue weighted by Gasteiger charge is 2.24. The van der Waals surface area contributed by atoms with E-state index < -0.39 is 0 Å². The third-order valence-corrected chi connectivity index (χ3v) is 4.21. The number of nitrogens with one attached hydrogen (secondary N) is 2. The fourth-order valence-corrected chi connectivity index (χ4v) is 2.76. The summed E-state index contributed by atoms with van der Waals surface area (Å²) in [5.74, 6) is 0.0652. The van der Waals surface area contributed by atoms with Crippen LogP contribution in [-0.2, 0) is 9.53 Å². The number of rotatable bonds is 7. The highest BCUT2D eigenvalue weighted by molar-refractivity contribution is 5.94. The summed E-state index contributed by atoms with van der Waals surface area (Å²) in [6, 6.07) is 7.80. The van der Waals surface area contributed by atoms with Crippen molar-refractivity contribution in [3.05, 3.63) is 35.4 Å². The van der Waals surface area contributed by atoms with E-state index in [1.54, 1.807) is 7.11 Å². The van der Waals surface area contributed by atoms with Gasteiger partial charge in [0.2, 0.25) is 5.91 Å². The molecule has 1 aromatic rings. The van der Waals surface area contributed by atoms with Crippen LogP contribution in [0.5, 0.6) is 0 Å². The van der Waals surface area contributed by atoms with E-state index in [-0.39, 0.29) is 17.9 Å². The molecule has 0 atom stereocenters. The Morgan fingerprint density at radius 3 is 2.50 bits per heavy atom. The molecule has 2 rings (SSSR count). The van der Waals surface area contributed by atoms with Gasteiger partial charge >= 0.3 is 0 Å². The normalized spacial score (nSPS) is 15.3. The van der Waals surface area contributed by atoms with Crippen LogP contribution < -0.4 is 10.6 Å². The summed E-state index contributed by atoms with van der Waals surface area (Å²) in [6.45, 7) is 4.90. The number of carbonyl (C=O) groups is 2. The van der Waals surface area contributed by atoms with Gasteiger partial charge in [0, 0.05) is 38.3 Å². The molecule has 132 valence electrons. The van der Waals surface area contributed by atoms with Crippen LogP contribution >= 0.6 is 0 Å². The molecule has 1 aromatic carbocycles. The minimum atomic E-state index is -0.00517. The Bertz CT molecular complexity index is 537. The first-order valence-electron chi connectivity index (χ1n) is 8.45. The number of hydrogen-bond donors (Lipinski definition) is 2. The molecular formula is C18H27N3O3. The van der Waals surface area contributed by atoms with Crippen molar-refractivity contribution in [3.8, 4) is 0 Å². The van der Waals surface area contributed by atoms with Crippen molar-refractivity contribution < 1.29 is 14.3 Å². The average molecular weight is 333 g/mol. The SMILES string of the molecule is COCCNCC(=O)NC1CCN(C(=O)c2ccc(C)cc2)CC1. The zero-order valence-electron chi connectivity index (χ0n) is 14.5. The van der Waals surface area contributed by atoms with Gasteiger partial charge < -0.3 is 20.3 Å². The molecule has 6 heteroatoms. The minimum Gasteiger partial charge on any atom is -0.383 e. The Kier molecular flexibility index (Phi) is 7.21. The molecule has 24 heavy (non-hydrogen) atoms.